The number of carboxylic acids is 2. The van der Waals surface area contributed by atoms with Crippen LogP contribution in [0.25, 0.3) is 0 Å². The summed E-state index contributed by atoms with van der Waals surface area (Å²) in [7, 11) is -10.4. The Labute approximate surface area is 493 Å². The molecule has 0 saturated carbocycles. The number of aliphatic carboxylic acids is 2. The van der Waals surface area contributed by atoms with Crippen LogP contribution >= 0.6 is 31.9 Å². The highest BCUT2D eigenvalue weighted by molar-refractivity contribution is 9.09. The van der Waals surface area contributed by atoms with Gasteiger partial charge in [-0.25, -0.2) is 9.59 Å². The number of carbonyl (C=O) groups is 6. The van der Waals surface area contributed by atoms with Gasteiger partial charge in [0.05, 0.1) is 62.3 Å². The van der Waals surface area contributed by atoms with Crippen molar-refractivity contribution < 1.29 is 99.2 Å². The van der Waals surface area contributed by atoms with Crippen LogP contribution in [0, 0.1) is 29.1 Å². The van der Waals surface area contributed by atoms with Gasteiger partial charge in [-0.1, -0.05) is 65.6 Å². The lowest BCUT2D eigenvalue weighted by Gasteiger charge is -2.30. The number of aliphatic hydroxyl groups is 2. The molecule has 0 spiro atoms. The van der Waals surface area contributed by atoms with Gasteiger partial charge >= 0.3 is 11.9 Å². The van der Waals surface area contributed by atoms with E-state index in [0.717, 1.165) is 35.1 Å². The van der Waals surface area contributed by atoms with Gasteiger partial charge in [0.15, 0.2) is 34.5 Å². The van der Waals surface area contributed by atoms with E-state index in [0.29, 0.717) is 56.3 Å². The smallest absolute Gasteiger partial charge is 0.328 e. The van der Waals surface area contributed by atoms with E-state index in [1.54, 1.807) is 26.0 Å². The summed E-state index contributed by atoms with van der Waals surface area (Å²) in [5.74, 6) is -3.67. The summed E-state index contributed by atoms with van der Waals surface area (Å²) in [6.45, 7) is 12.0. The monoisotopic (exact) mass is 1240 g/mol. The molecular weight excluding hydrogens is 1150 g/mol. The molecule has 2 amide bonds. The van der Waals surface area contributed by atoms with Gasteiger partial charge in [0.2, 0.25) is 11.8 Å². The van der Waals surface area contributed by atoms with Crippen LogP contribution in [0.5, 0.6) is 34.5 Å². The average Bonchev–Trinajstić information content (AvgIpc) is 1.16. The minimum Gasteiger partial charge on any atom is -0.504 e. The molecule has 4 atom stereocenters. The molecule has 3 aromatic rings. The lowest BCUT2D eigenvalue weighted by atomic mass is 9.80. The number of hydrogen-bond acceptors (Lipinski definition) is 16. The summed E-state index contributed by atoms with van der Waals surface area (Å²) in [5.41, 5.74) is 12.5. The molecule has 3 aromatic carbocycles. The average molecular weight is 1240 g/mol. The summed E-state index contributed by atoms with van der Waals surface area (Å²) < 4.78 is 116. The number of nitrogens with two attached hydrogens (primary N) is 2. The summed E-state index contributed by atoms with van der Waals surface area (Å²) in [5, 5.41) is 48.4. The molecule has 0 unspecified atom stereocenters. The summed E-state index contributed by atoms with van der Waals surface area (Å²) in [6.07, 6.45) is 4.39. The van der Waals surface area contributed by atoms with Gasteiger partial charge in [-0.2, -0.15) is 0 Å². The van der Waals surface area contributed by atoms with Crippen LogP contribution < -0.4 is 40.5 Å². The van der Waals surface area contributed by atoms with Crippen molar-refractivity contribution in [1.82, 2.24) is 5.32 Å². The second-order valence-corrected chi connectivity index (χ2v) is 19.8. The number of nitrogens with one attached hydrogen (secondary N) is 1. The molecule has 10 N–H and O–H groups in total. The molecule has 0 aromatic heterocycles. The number of phenols is 1. The summed E-state index contributed by atoms with van der Waals surface area (Å²) in [4.78, 5) is 64.7. The van der Waals surface area contributed by atoms with Crippen molar-refractivity contribution in [2.75, 3.05) is 71.8 Å². The number of methoxy groups -OCH3 is 4. The molecule has 0 aliphatic carbocycles. The summed E-state index contributed by atoms with van der Waals surface area (Å²) >= 11 is 6.41. The van der Waals surface area contributed by atoms with Crippen molar-refractivity contribution in [2.45, 2.75) is 92.2 Å². The molecule has 20 nitrogen and oxygen atoms in total. The third-order valence-corrected chi connectivity index (χ3v) is 12.0. The Morgan fingerprint density at radius 2 is 1.24 bits per heavy atom. The van der Waals surface area contributed by atoms with Crippen LogP contribution in [0.1, 0.15) is 116 Å². The van der Waals surface area contributed by atoms with E-state index in [9.17, 15) is 39.0 Å². The zero-order valence-corrected chi connectivity index (χ0v) is 47.9. The molecule has 78 heavy (non-hydrogen) atoms. The normalized spacial score (nSPS) is 15.1. The molecule has 0 radical (unpaired) electrons. The lowest BCUT2D eigenvalue weighted by molar-refractivity contribution is -0.134. The van der Waals surface area contributed by atoms with Crippen LogP contribution in [0.4, 0.5) is 0 Å². The van der Waals surface area contributed by atoms with Crippen LogP contribution in [0.3, 0.4) is 0 Å². The van der Waals surface area contributed by atoms with E-state index in [1.807, 2.05) is 27.7 Å². The van der Waals surface area contributed by atoms with E-state index in [1.165, 1.54) is 36.4 Å². The van der Waals surface area contributed by atoms with Crippen molar-refractivity contribution in [3.63, 3.8) is 0 Å². The highest BCUT2D eigenvalue weighted by Crippen LogP contribution is 2.32. The number of phenolic OH excluding ortho intramolecular Hbond substituents is 1. The number of primary amides is 1. The number of carboxylic acid groups (broad SMARTS) is 2. The summed E-state index contributed by atoms with van der Waals surface area (Å²) in [6, 6.07) is 12.4. The van der Waals surface area contributed by atoms with Gasteiger partial charge < -0.3 is 70.7 Å². The predicted octanol–water partition coefficient (Wildman–Crippen LogP) is 7.65. The molecule has 0 aliphatic heterocycles. The molecule has 0 saturated heterocycles. The van der Waals surface area contributed by atoms with Crippen molar-refractivity contribution in [2.24, 2.45) is 40.6 Å². The fourth-order valence-electron chi connectivity index (χ4n) is 6.16. The number of aldehydes is 2. The van der Waals surface area contributed by atoms with Crippen LogP contribution in [-0.2, 0) is 30.3 Å². The number of hydrogen-bond donors (Lipinski definition) is 8. The third-order valence-electron chi connectivity index (χ3n) is 10.9. The number of aliphatic hydroxyl groups excluding tert-OH is 2. The van der Waals surface area contributed by atoms with Crippen molar-refractivity contribution in [1.29, 1.82) is 0 Å². The van der Waals surface area contributed by atoms with Crippen molar-refractivity contribution in [3.8, 4) is 34.5 Å². The minimum atomic E-state index is -2.70. The molecule has 0 heterocycles. The van der Waals surface area contributed by atoms with Gasteiger partial charge in [-0.3, -0.25) is 19.2 Å². The maximum atomic E-state index is 13.0. The fraction of sp³-hybridized carbons (Fsp3) is 0.536. The molecule has 22 heteroatoms. The molecule has 3 rings (SSSR count). The first-order valence-corrected chi connectivity index (χ1v) is 26.5. The zero-order chi connectivity index (χ0) is 69.8. The molecule has 440 valence electrons. The Bertz CT molecular complexity index is 2650. The van der Waals surface area contributed by atoms with Gasteiger partial charge in [0.1, 0.15) is 12.6 Å². The van der Waals surface area contributed by atoms with E-state index in [2.05, 4.69) is 41.9 Å². The van der Waals surface area contributed by atoms with E-state index in [4.69, 9.17) is 66.9 Å². The standard InChI is InChI=1S/C30H53N3O6.C11H13BrO3.C8H8O3.C4H4O4.C3H7BrO/c1-19(2)22(14-21-10-11-26(38-8)27(15-21)39-13-9-12-37-7)16-24(31)25(34)17-23(20(3)4)28(35)33-18-30(5,6)29(32)36;1-14-10-4-3-9(8-13)7-11(10)15-6-2-5-12;1-11-8-3-2-6(5-9)4-7(8)10;5-3(6)1-2-4(7)8;4-2-1-3-5/h10-11,15,19-20,22-25,34H,9,12-14,16-18,31H2,1-8H3,(H2,32,36)(H,33,35);3-4,7-8H,2,5-6H2,1H3;2-5,10H,1H3;1-2H,(H,5,6)(H,7,8);5H,1-3H2/b;;;2-1+;/t22-,23-,24-,25-;;;;/m0..../s1/i7D3,8D3;2*1D3;;. The first kappa shape index (κ1) is 54.2. The van der Waals surface area contributed by atoms with E-state index in [-0.39, 0.29) is 96.3 Å². The molecular formula is C56H85Br2N3O17. The largest absolute Gasteiger partial charge is 0.504 e. The molecule has 0 fully saturated rings. The van der Waals surface area contributed by atoms with Crippen LogP contribution in [-0.4, -0.2) is 146 Å². The number of carbonyl (C=O) groups excluding carboxylic acids is 4. The number of rotatable bonds is 31. The number of alkyl halides is 2. The highest BCUT2D eigenvalue weighted by atomic mass is 79.9. The fourth-order valence-corrected chi connectivity index (χ4v) is 6.64. The third kappa shape index (κ3) is 32.8. The second-order valence-electron chi connectivity index (χ2n) is 18.2. The predicted molar refractivity (Wildman–Crippen MR) is 307 cm³/mol. The van der Waals surface area contributed by atoms with E-state index < -0.39 is 69.5 Å². The second kappa shape index (κ2) is 43.1. The zero-order valence-electron chi connectivity index (χ0n) is 56.7. The Kier molecular flexibility index (Phi) is 30.0. The van der Waals surface area contributed by atoms with Gasteiger partial charge in [0.25, 0.3) is 0 Å². The number of halogens is 2. The van der Waals surface area contributed by atoms with Gasteiger partial charge in [0, 0.05) is 79.1 Å². The first-order valence-electron chi connectivity index (χ1n) is 30.3. The van der Waals surface area contributed by atoms with Crippen LogP contribution in [0.15, 0.2) is 66.7 Å². The van der Waals surface area contributed by atoms with Crippen molar-refractivity contribution >= 4 is 68.2 Å². The number of aromatic hydroxyl groups is 1. The maximum absolute atomic E-state index is 13.0. The first-order chi connectivity index (χ1) is 41.4. The molecule has 0 aliphatic rings. The van der Waals surface area contributed by atoms with Crippen molar-refractivity contribution in [3.05, 3.63) is 83.4 Å². The lowest BCUT2D eigenvalue weighted by Crippen LogP contribution is -2.46. The number of ether oxygens (including phenoxy) is 6. The quantitative estimate of drug-likeness (QED) is 0.0133. The Hall–Kier alpha value is -5.78. The Balaban J connectivity index is 0. The van der Waals surface area contributed by atoms with Crippen LogP contribution in [0.2, 0.25) is 0 Å². The topological polar surface area (TPSA) is 323 Å². The maximum Gasteiger partial charge on any atom is 0.328 e. The Morgan fingerprint density at radius 3 is 1.71 bits per heavy atom. The number of benzene rings is 3. The number of amides is 2. The Morgan fingerprint density at radius 1 is 0.718 bits per heavy atom. The highest BCUT2D eigenvalue weighted by Gasteiger charge is 2.32. The SMILES string of the molecule is O=C(O)/C=C/C(=O)O.OCCCBr.[2H]C([2H])([2H])OCCCOc1cc(C[C@@H](C[C@H](N)[C@@H](O)C[C@H](C(=O)NCC(C)(C)C(N)=O)C(C)C)C(C)C)ccc1OC([2H])([2H])[2H].[2H]C([2H])([2H])Oc1ccc(C=O)cc1O.[2H]C([2H])([2H])Oc1ccc(C=O)cc1OCCCBr. The van der Waals surface area contributed by atoms with Gasteiger partial charge in [-0.15, -0.1) is 0 Å². The van der Waals surface area contributed by atoms with Gasteiger partial charge in [-0.05, 0) is 118 Å². The molecule has 0 bridgehead atoms. The van der Waals surface area contributed by atoms with E-state index >= 15 is 0 Å². The minimum absolute atomic E-state index is 0.0206.